The average Bonchev–Trinajstić information content (AvgIpc) is 2.98. The maximum absolute atomic E-state index is 12.2. The Morgan fingerprint density at radius 2 is 1.88 bits per heavy atom. The summed E-state index contributed by atoms with van der Waals surface area (Å²) in [4.78, 5) is 28.3. The van der Waals surface area contributed by atoms with E-state index in [1.807, 2.05) is 6.07 Å². The number of benzene rings is 1. The van der Waals surface area contributed by atoms with Crippen LogP contribution in [0.15, 0.2) is 42.6 Å². The van der Waals surface area contributed by atoms with Crippen LogP contribution in [-0.2, 0) is 4.79 Å². The molecule has 0 fully saturated rings. The van der Waals surface area contributed by atoms with Gasteiger partial charge in [-0.15, -0.1) is 0 Å². The third kappa shape index (κ3) is 3.24. The van der Waals surface area contributed by atoms with Crippen LogP contribution >= 0.6 is 0 Å². The number of carbonyl (C=O) groups is 2. The highest BCUT2D eigenvalue weighted by molar-refractivity contribution is 6.06. The summed E-state index contributed by atoms with van der Waals surface area (Å²) in [6.45, 7) is 3.61. The number of hydrogen-bond donors (Lipinski definition) is 3. The summed E-state index contributed by atoms with van der Waals surface area (Å²) in [7, 11) is 0. The maximum Gasteiger partial charge on any atom is 0.255 e. The van der Waals surface area contributed by atoms with E-state index in [1.165, 1.54) is 6.20 Å². The van der Waals surface area contributed by atoms with E-state index in [9.17, 15) is 9.59 Å². The number of anilines is 2. The van der Waals surface area contributed by atoms with Gasteiger partial charge in [0.1, 0.15) is 5.82 Å². The molecule has 0 aliphatic heterocycles. The molecule has 0 saturated heterocycles. The van der Waals surface area contributed by atoms with Gasteiger partial charge >= 0.3 is 0 Å². The summed E-state index contributed by atoms with van der Waals surface area (Å²) in [5, 5.41) is 13.0. The van der Waals surface area contributed by atoms with E-state index in [0.29, 0.717) is 28.1 Å². The van der Waals surface area contributed by atoms with Crippen LogP contribution in [0.25, 0.3) is 11.0 Å². The summed E-state index contributed by atoms with van der Waals surface area (Å²) in [5.74, 6) is -0.0448. The number of aromatic amines is 1. The fraction of sp³-hybridized carbons (Fsp3) is 0.176. The predicted octanol–water partition coefficient (Wildman–Crippen LogP) is 2.80. The van der Waals surface area contributed by atoms with Crippen LogP contribution in [0, 0.1) is 5.92 Å². The molecule has 1 aromatic carbocycles. The van der Waals surface area contributed by atoms with Crippen LogP contribution in [0.3, 0.4) is 0 Å². The van der Waals surface area contributed by atoms with Crippen molar-refractivity contribution in [1.29, 1.82) is 0 Å². The van der Waals surface area contributed by atoms with Gasteiger partial charge < -0.3 is 10.6 Å². The van der Waals surface area contributed by atoms with Crippen molar-refractivity contribution in [3.05, 3.63) is 48.2 Å². The third-order valence-corrected chi connectivity index (χ3v) is 3.48. The molecule has 0 aliphatic rings. The van der Waals surface area contributed by atoms with Gasteiger partial charge in [0.2, 0.25) is 5.91 Å². The second kappa shape index (κ2) is 6.49. The molecule has 0 saturated carbocycles. The molecule has 0 aliphatic carbocycles. The fourth-order valence-electron chi connectivity index (χ4n) is 2.12. The highest BCUT2D eigenvalue weighted by atomic mass is 16.2. The molecular weight excluding hydrogens is 306 g/mol. The highest BCUT2D eigenvalue weighted by Crippen LogP contribution is 2.22. The number of hydrogen-bond acceptors (Lipinski definition) is 4. The quantitative estimate of drug-likeness (QED) is 0.687. The molecule has 7 heteroatoms. The molecule has 2 amide bonds. The number of aromatic nitrogens is 3. The molecule has 0 atom stereocenters. The molecule has 3 rings (SSSR count). The Morgan fingerprint density at radius 3 is 2.58 bits per heavy atom. The minimum Gasteiger partial charge on any atom is -0.321 e. The molecule has 0 radical (unpaired) electrons. The van der Waals surface area contributed by atoms with E-state index in [1.54, 1.807) is 44.2 Å². The van der Waals surface area contributed by atoms with Crippen molar-refractivity contribution in [2.24, 2.45) is 5.92 Å². The minimum atomic E-state index is -0.229. The van der Waals surface area contributed by atoms with Crippen molar-refractivity contribution in [1.82, 2.24) is 15.2 Å². The van der Waals surface area contributed by atoms with Gasteiger partial charge in [-0.05, 0) is 18.2 Å². The number of amides is 2. The molecule has 24 heavy (non-hydrogen) atoms. The van der Waals surface area contributed by atoms with Crippen LogP contribution in [0.2, 0.25) is 0 Å². The Balaban J connectivity index is 1.85. The summed E-state index contributed by atoms with van der Waals surface area (Å²) < 4.78 is 0. The Labute approximate surface area is 138 Å². The lowest BCUT2D eigenvalue weighted by Gasteiger charge is -2.07. The molecular formula is C17H17N5O2. The van der Waals surface area contributed by atoms with E-state index < -0.39 is 0 Å². The van der Waals surface area contributed by atoms with Crippen molar-refractivity contribution in [3.63, 3.8) is 0 Å². The second-order valence-electron chi connectivity index (χ2n) is 5.66. The zero-order valence-electron chi connectivity index (χ0n) is 13.3. The molecule has 3 N–H and O–H groups in total. The van der Waals surface area contributed by atoms with E-state index in [-0.39, 0.29) is 17.7 Å². The van der Waals surface area contributed by atoms with Crippen LogP contribution in [0.5, 0.6) is 0 Å². The molecule has 0 spiro atoms. The van der Waals surface area contributed by atoms with Crippen molar-refractivity contribution < 1.29 is 9.59 Å². The van der Waals surface area contributed by atoms with Crippen LogP contribution in [0.1, 0.15) is 24.2 Å². The first-order chi connectivity index (χ1) is 11.5. The number of rotatable bonds is 4. The lowest BCUT2D eigenvalue weighted by atomic mass is 10.2. The largest absolute Gasteiger partial charge is 0.321 e. The van der Waals surface area contributed by atoms with Gasteiger partial charge in [-0.25, -0.2) is 4.98 Å². The Bertz CT molecular complexity index is 886. The van der Waals surface area contributed by atoms with Gasteiger partial charge in [0.25, 0.3) is 5.91 Å². The zero-order valence-corrected chi connectivity index (χ0v) is 13.3. The number of H-pyrrole nitrogens is 1. The summed E-state index contributed by atoms with van der Waals surface area (Å²) in [6, 6.07) is 10.6. The Kier molecular flexibility index (Phi) is 4.24. The van der Waals surface area contributed by atoms with Gasteiger partial charge in [0, 0.05) is 11.5 Å². The van der Waals surface area contributed by atoms with Gasteiger partial charge in [-0.2, -0.15) is 5.10 Å². The number of nitrogens with zero attached hydrogens (tertiary/aromatic N) is 2. The van der Waals surface area contributed by atoms with Gasteiger partial charge in [0.15, 0.2) is 5.65 Å². The van der Waals surface area contributed by atoms with Crippen molar-refractivity contribution in [2.75, 3.05) is 10.6 Å². The van der Waals surface area contributed by atoms with E-state index in [0.717, 1.165) is 0 Å². The van der Waals surface area contributed by atoms with Crippen molar-refractivity contribution >= 4 is 34.4 Å². The molecule has 122 valence electrons. The van der Waals surface area contributed by atoms with Gasteiger partial charge in [-0.1, -0.05) is 32.0 Å². The maximum atomic E-state index is 12.2. The van der Waals surface area contributed by atoms with Crippen molar-refractivity contribution in [2.45, 2.75) is 13.8 Å². The topological polar surface area (TPSA) is 99.8 Å². The third-order valence-electron chi connectivity index (χ3n) is 3.48. The molecule has 7 nitrogen and oxygen atoms in total. The lowest BCUT2D eigenvalue weighted by molar-refractivity contribution is -0.118. The summed E-state index contributed by atoms with van der Waals surface area (Å²) >= 11 is 0. The molecule has 2 heterocycles. The lowest BCUT2D eigenvalue weighted by Crippen LogP contribution is -2.18. The average molecular weight is 323 g/mol. The van der Waals surface area contributed by atoms with Crippen molar-refractivity contribution in [3.8, 4) is 0 Å². The number of pyridine rings is 1. The first-order valence-corrected chi connectivity index (χ1v) is 7.56. The van der Waals surface area contributed by atoms with E-state index in [4.69, 9.17) is 0 Å². The SMILES string of the molecule is CC(C)C(=O)Nc1[nH]nc2ncc(NC(=O)c3ccccc3)cc12. The zero-order chi connectivity index (χ0) is 17.1. The molecule has 0 bridgehead atoms. The minimum absolute atomic E-state index is 0.126. The van der Waals surface area contributed by atoms with Gasteiger partial charge in [-0.3, -0.25) is 14.7 Å². The van der Waals surface area contributed by atoms with Crippen LogP contribution < -0.4 is 10.6 Å². The molecule has 2 aromatic heterocycles. The monoisotopic (exact) mass is 323 g/mol. The second-order valence-corrected chi connectivity index (χ2v) is 5.66. The normalized spacial score (nSPS) is 10.8. The fourth-order valence-corrected chi connectivity index (χ4v) is 2.12. The first-order valence-electron chi connectivity index (χ1n) is 7.56. The number of fused-ring (bicyclic) bond motifs is 1. The predicted molar refractivity (Wildman–Crippen MR) is 91.8 cm³/mol. The standard InChI is InChI=1S/C17H17N5O2/c1-10(2)16(23)20-15-13-8-12(9-18-14(13)21-22-15)19-17(24)11-6-4-3-5-7-11/h3-10H,1-2H3,(H,19,24)(H2,18,20,21,22,23). The Hall–Kier alpha value is -3.22. The highest BCUT2D eigenvalue weighted by Gasteiger charge is 2.14. The smallest absolute Gasteiger partial charge is 0.255 e. The van der Waals surface area contributed by atoms with E-state index >= 15 is 0 Å². The van der Waals surface area contributed by atoms with Gasteiger partial charge in [0.05, 0.1) is 17.3 Å². The van der Waals surface area contributed by atoms with Crippen LogP contribution in [0.4, 0.5) is 11.5 Å². The van der Waals surface area contributed by atoms with E-state index in [2.05, 4.69) is 25.8 Å². The number of carbonyl (C=O) groups excluding carboxylic acids is 2. The number of nitrogens with one attached hydrogen (secondary N) is 3. The summed E-state index contributed by atoms with van der Waals surface area (Å²) in [5.41, 5.74) is 1.54. The van der Waals surface area contributed by atoms with Crippen LogP contribution in [-0.4, -0.2) is 27.0 Å². The summed E-state index contributed by atoms with van der Waals surface area (Å²) in [6.07, 6.45) is 1.53. The molecule has 0 unspecified atom stereocenters. The molecule has 3 aromatic rings. The first kappa shape index (κ1) is 15.7. The Morgan fingerprint density at radius 1 is 1.12 bits per heavy atom.